The summed E-state index contributed by atoms with van der Waals surface area (Å²) in [5, 5.41) is 8.12. The van der Waals surface area contributed by atoms with E-state index in [-0.39, 0.29) is 0 Å². The first kappa shape index (κ1) is 8.27. The van der Waals surface area contributed by atoms with Crippen LogP contribution in [0.1, 0.15) is 11.6 Å². The van der Waals surface area contributed by atoms with Gasteiger partial charge in [-0.1, -0.05) is 5.92 Å². The molecule has 0 saturated carbocycles. The van der Waals surface area contributed by atoms with E-state index < -0.39 is 0 Å². The predicted molar refractivity (Wildman–Crippen MR) is 48.9 cm³/mol. The fraction of sp³-hybridized carbons (Fsp3) is 0.556. The van der Waals surface area contributed by atoms with Crippen LogP contribution >= 0.6 is 0 Å². The molecule has 1 aromatic rings. The normalized spacial score (nSPS) is 16.6. The van der Waals surface area contributed by atoms with Crippen molar-refractivity contribution in [2.24, 2.45) is 0 Å². The van der Waals surface area contributed by atoms with Gasteiger partial charge in [-0.25, -0.2) is 0 Å². The highest BCUT2D eigenvalue weighted by Crippen LogP contribution is 2.10. The molecule has 0 aromatic carbocycles. The average molecular weight is 176 g/mol. The molecule has 1 aromatic heterocycles. The van der Waals surface area contributed by atoms with Crippen molar-refractivity contribution in [3.05, 3.63) is 11.6 Å². The lowest BCUT2D eigenvalue weighted by Gasteiger charge is -2.25. The van der Waals surface area contributed by atoms with Gasteiger partial charge in [0.25, 0.3) is 0 Å². The van der Waals surface area contributed by atoms with Crippen LogP contribution in [-0.2, 0) is 13.1 Å². The largest absolute Gasteiger partial charge is 0.313 e. The van der Waals surface area contributed by atoms with Crippen molar-refractivity contribution in [2.45, 2.75) is 20.0 Å². The lowest BCUT2D eigenvalue weighted by molar-refractivity contribution is 0.241. The van der Waals surface area contributed by atoms with Gasteiger partial charge in [-0.05, 0) is 6.92 Å². The summed E-state index contributed by atoms with van der Waals surface area (Å²) in [6.07, 6.45) is 5.25. The second kappa shape index (κ2) is 3.19. The highest BCUT2D eigenvalue weighted by Gasteiger charge is 2.18. The summed E-state index contributed by atoms with van der Waals surface area (Å²) >= 11 is 0. The Balaban J connectivity index is 2.17. The molecule has 1 aliphatic heterocycles. The van der Waals surface area contributed by atoms with Crippen molar-refractivity contribution >= 4 is 0 Å². The fourth-order valence-electron chi connectivity index (χ4n) is 1.62. The maximum atomic E-state index is 5.25. The minimum Gasteiger partial charge on any atom is -0.313 e. The van der Waals surface area contributed by atoms with Gasteiger partial charge < -0.3 is 4.57 Å². The Hall–Kier alpha value is -1.34. The lowest BCUT2D eigenvalue weighted by atomic mass is 10.3. The molecule has 4 heteroatoms. The summed E-state index contributed by atoms with van der Waals surface area (Å²) < 4.78 is 2.15. The van der Waals surface area contributed by atoms with Gasteiger partial charge in [-0.3, -0.25) is 4.90 Å². The number of terminal acetylenes is 1. The zero-order valence-corrected chi connectivity index (χ0v) is 7.69. The lowest BCUT2D eigenvalue weighted by Crippen LogP contribution is -2.34. The molecular formula is C9H12N4. The molecule has 0 amide bonds. The Morgan fingerprint density at radius 3 is 3.08 bits per heavy atom. The van der Waals surface area contributed by atoms with Gasteiger partial charge in [0.05, 0.1) is 13.1 Å². The highest BCUT2D eigenvalue weighted by atomic mass is 15.3. The monoisotopic (exact) mass is 176 g/mol. The quantitative estimate of drug-likeness (QED) is 0.566. The molecule has 13 heavy (non-hydrogen) atoms. The van der Waals surface area contributed by atoms with E-state index >= 15 is 0 Å². The molecular weight excluding hydrogens is 164 g/mol. The topological polar surface area (TPSA) is 34.0 Å². The van der Waals surface area contributed by atoms with Crippen molar-refractivity contribution in [3.8, 4) is 12.3 Å². The van der Waals surface area contributed by atoms with Crippen LogP contribution in [0.3, 0.4) is 0 Å². The van der Waals surface area contributed by atoms with Crippen molar-refractivity contribution in [1.82, 2.24) is 19.7 Å². The molecule has 0 atom stereocenters. The second-order valence-electron chi connectivity index (χ2n) is 3.23. The zero-order valence-electron chi connectivity index (χ0n) is 7.69. The molecule has 0 aliphatic carbocycles. The van der Waals surface area contributed by atoms with Crippen LogP contribution in [0.15, 0.2) is 0 Å². The average Bonchev–Trinajstić information content (AvgIpc) is 2.48. The molecule has 4 nitrogen and oxygen atoms in total. The summed E-state index contributed by atoms with van der Waals surface area (Å²) in [5.41, 5.74) is 0. The van der Waals surface area contributed by atoms with Crippen molar-refractivity contribution in [2.75, 3.05) is 13.1 Å². The van der Waals surface area contributed by atoms with Crippen LogP contribution in [0.25, 0.3) is 0 Å². The Labute approximate surface area is 77.6 Å². The van der Waals surface area contributed by atoms with Gasteiger partial charge in [-0.2, -0.15) is 0 Å². The van der Waals surface area contributed by atoms with Gasteiger partial charge >= 0.3 is 0 Å². The van der Waals surface area contributed by atoms with Gasteiger partial charge in [0, 0.05) is 13.1 Å². The fourth-order valence-corrected chi connectivity index (χ4v) is 1.62. The highest BCUT2D eigenvalue weighted by molar-refractivity contribution is 4.99. The van der Waals surface area contributed by atoms with Crippen LogP contribution in [0.2, 0.25) is 0 Å². The molecule has 0 saturated heterocycles. The van der Waals surface area contributed by atoms with E-state index in [1.54, 1.807) is 0 Å². The molecule has 0 spiro atoms. The smallest absolute Gasteiger partial charge is 0.147 e. The minimum atomic E-state index is 0.700. The van der Waals surface area contributed by atoms with Crippen molar-refractivity contribution in [3.63, 3.8) is 0 Å². The van der Waals surface area contributed by atoms with Gasteiger partial charge in [0.1, 0.15) is 11.6 Å². The summed E-state index contributed by atoms with van der Waals surface area (Å²) in [6, 6.07) is 0. The van der Waals surface area contributed by atoms with Crippen LogP contribution in [-0.4, -0.2) is 32.8 Å². The van der Waals surface area contributed by atoms with Crippen molar-refractivity contribution < 1.29 is 0 Å². The Kier molecular flexibility index (Phi) is 2.03. The van der Waals surface area contributed by atoms with E-state index in [0.29, 0.717) is 6.54 Å². The SMILES string of the molecule is C#CCN1CCn2c(C)nnc2C1. The zero-order chi connectivity index (χ0) is 9.26. The molecule has 0 bridgehead atoms. The second-order valence-corrected chi connectivity index (χ2v) is 3.23. The maximum absolute atomic E-state index is 5.25. The van der Waals surface area contributed by atoms with Gasteiger partial charge in [0.2, 0.25) is 0 Å². The summed E-state index contributed by atoms with van der Waals surface area (Å²) in [7, 11) is 0. The predicted octanol–water partition coefficient (Wildman–Crippen LogP) is 0.0353. The third-order valence-corrected chi connectivity index (χ3v) is 2.33. The van der Waals surface area contributed by atoms with E-state index in [4.69, 9.17) is 6.42 Å². The van der Waals surface area contributed by atoms with E-state index in [0.717, 1.165) is 31.3 Å². The molecule has 0 fully saturated rings. The number of fused-ring (bicyclic) bond motifs is 1. The molecule has 0 unspecified atom stereocenters. The van der Waals surface area contributed by atoms with Crippen LogP contribution in [0.4, 0.5) is 0 Å². The first-order valence-corrected chi connectivity index (χ1v) is 4.36. The van der Waals surface area contributed by atoms with Gasteiger partial charge in [-0.15, -0.1) is 16.6 Å². The summed E-state index contributed by atoms with van der Waals surface area (Å²) in [6.45, 7) is 5.45. The number of hydrogen-bond donors (Lipinski definition) is 0. The Morgan fingerprint density at radius 2 is 2.31 bits per heavy atom. The maximum Gasteiger partial charge on any atom is 0.147 e. The first-order chi connectivity index (χ1) is 6.31. The van der Waals surface area contributed by atoms with Crippen molar-refractivity contribution in [1.29, 1.82) is 0 Å². The number of nitrogens with zero attached hydrogens (tertiary/aromatic N) is 4. The number of aryl methyl sites for hydroxylation is 1. The van der Waals surface area contributed by atoms with E-state index in [1.807, 2.05) is 6.92 Å². The number of rotatable bonds is 1. The number of aromatic nitrogens is 3. The Morgan fingerprint density at radius 1 is 1.46 bits per heavy atom. The number of hydrogen-bond acceptors (Lipinski definition) is 3. The summed E-state index contributed by atoms with van der Waals surface area (Å²) in [4.78, 5) is 2.20. The van der Waals surface area contributed by atoms with Crippen LogP contribution < -0.4 is 0 Å². The molecule has 0 radical (unpaired) electrons. The molecule has 1 aliphatic rings. The summed E-state index contributed by atoms with van der Waals surface area (Å²) in [5.74, 6) is 4.67. The molecule has 2 rings (SSSR count). The van der Waals surface area contributed by atoms with E-state index in [2.05, 4.69) is 25.6 Å². The molecule has 0 N–H and O–H groups in total. The first-order valence-electron chi connectivity index (χ1n) is 4.36. The Bertz CT molecular complexity index is 347. The van der Waals surface area contributed by atoms with Crippen LogP contribution in [0, 0.1) is 19.3 Å². The van der Waals surface area contributed by atoms with Crippen LogP contribution in [0.5, 0.6) is 0 Å². The van der Waals surface area contributed by atoms with Gasteiger partial charge in [0.15, 0.2) is 0 Å². The third-order valence-electron chi connectivity index (χ3n) is 2.33. The van der Waals surface area contributed by atoms with E-state index in [9.17, 15) is 0 Å². The minimum absolute atomic E-state index is 0.700. The third kappa shape index (κ3) is 1.43. The van der Waals surface area contributed by atoms with E-state index in [1.165, 1.54) is 0 Å². The molecule has 68 valence electrons. The molecule has 2 heterocycles. The standard InChI is InChI=1S/C9H12N4/c1-3-4-12-5-6-13-8(2)10-11-9(13)7-12/h1H,4-7H2,2H3.